The molecule has 0 amide bonds. The molecule has 13 nitrogen and oxygen atoms in total. The van der Waals surface area contributed by atoms with E-state index in [4.69, 9.17) is 11.5 Å². The number of halogens is 2. The summed E-state index contributed by atoms with van der Waals surface area (Å²) in [6.07, 6.45) is 0. The summed E-state index contributed by atoms with van der Waals surface area (Å²) in [5.74, 6) is -0.504. The molecule has 0 radical (unpaired) electrons. The first-order valence-corrected chi connectivity index (χ1v) is 24.1. The Kier molecular flexibility index (Phi) is 12.5. The smallest absolute Gasteiger partial charge is 0.261 e. The Morgan fingerprint density at radius 2 is 0.879 bits per heavy atom. The molecule has 0 spiro atoms. The number of benzene rings is 6. The van der Waals surface area contributed by atoms with Crippen LogP contribution in [0.1, 0.15) is 27.0 Å². The number of nitrogens with one attached hydrogen (secondary N) is 2. The molecule has 6 N–H and O–H groups in total. The van der Waals surface area contributed by atoms with Gasteiger partial charge in [0, 0.05) is 53.7 Å². The maximum atomic E-state index is 13.8. The van der Waals surface area contributed by atoms with Gasteiger partial charge in [-0.25, -0.2) is 26.8 Å². The van der Waals surface area contributed by atoms with Crippen molar-refractivity contribution >= 4 is 80.7 Å². The Morgan fingerprint density at radius 3 is 1.24 bits per heavy atom. The van der Waals surface area contributed by atoms with Gasteiger partial charge in [0.2, 0.25) is 0 Å². The van der Waals surface area contributed by atoms with E-state index in [-0.39, 0.29) is 55.1 Å². The molecular weight excluding hydrogens is 1000 g/mol. The third-order valence-electron chi connectivity index (χ3n) is 10.3. The first kappa shape index (κ1) is 44.9. The summed E-state index contributed by atoms with van der Waals surface area (Å²) >= 11 is 6.92. The van der Waals surface area contributed by atoms with E-state index >= 15 is 0 Å². The molecule has 66 heavy (non-hydrogen) atoms. The monoisotopic (exact) mass is 1030 g/mol. The average Bonchev–Trinajstić information content (AvgIpc) is 3.31. The van der Waals surface area contributed by atoms with Crippen LogP contribution < -0.4 is 20.9 Å². The van der Waals surface area contributed by atoms with E-state index in [0.29, 0.717) is 33.6 Å². The minimum atomic E-state index is -4.21. The van der Waals surface area contributed by atoms with Gasteiger partial charge in [-0.05, 0) is 96.1 Å². The predicted octanol–water partition coefficient (Wildman–Crippen LogP) is 10.4. The molecule has 0 aliphatic rings. The van der Waals surface area contributed by atoms with E-state index in [1.54, 1.807) is 60.7 Å². The molecule has 0 saturated carbocycles. The number of carbonyl (C=O) groups excluding carboxylic acids is 1. The van der Waals surface area contributed by atoms with Crippen LogP contribution in [-0.2, 0) is 20.0 Å². The van der Waals surface area contributed by atoms with E-state index < -0.39 is 25.8 Å². The molecule has 0 aliphatic heterocycles. The van der Waals surface area contributed by atoms with Crippen molar-refractivity contribution < 1.29 is 21.6 Å². The van der Waals surface area contributed by atoms with Gasteiger partial charge in [-0.2, -0.15) is 10.5 Å². The number of nitriles is 2. The van der Waals surface area contributed by atoms with E-state index in [1.807, 2.05) is 48.5 Å². The number of hydrogen-bond donors (Lipinski definition) is 4. The van der Waals surface area contributed by atoms with Gasteiger partial charge >= 0.3 is 0 Å². The fourth-order valence-corrected chi connectivity index (χ4v) is 10.1. The Labute approximate surface area is 396 Å². The molecule has 0 unspecified atom stereocenters. The standard InChI is InChI=1S/C49H32Br2N8O5S2/c50-35-9-1-5-31(21-35)41-25-45(56-48(54)43(41)27-52)29-13-17-37(18-14-29)58-65(61,62)39-11-3-7-33(23-39)47(60)34-8-4-12-40(24-34)66(63,64)59-38-19-15-30(16-20-38)46-26-42(44(28-53)49(55)57-46)32-6-2-10-36(51)22-32/h1-26,58-59H,(H2,54,56)(H2,55,57). The number of nitrogens with two attached hydrogens (primary N) is 2. The number of ketones is 1. The Hall–Kier alpha value is -7.67. The van der Waals surface area contributed by atoms with Gasteiger partial charge in [0.1, 0.15) is 34.9 Å². The van der Waals surface area contributed by atoms with E-state index in [1.165, 1.54) is 48.5 Å². The van der Waals surface area contributed by atoms with E-state index in [2.05, 4.69) is 63.4 Å². The van der Waals surface area contributed by atoms with Crippen LogP contribution >= 0.6 is 31.9 Å². The molecule has 8 rings (SSSR count). The molecule has 2 aromatic heterocycles. The van der Waals surface area contributed by atoms with Gasteiger partial charge in [0.25, 0.3) is 20.0 Å². The van der Waals surface area contributed by atoms with Crippen molar-refractivity contribution in [2.45, 2.75) is 9.79 Å². The Morgan fingerprint density at radius 1 is 0.500 bits per heavy atom. The zero-order chi connectivity index (χ0) is 46.8. The van der Waals surface area contributed by atoms with Crippen molar-refractivity contribution in [3.8, 4) is 56.9 Å². The van der Waals surface area contributed by atoms with Gasteiger partial charge in [-0.15, -0.1) is 0 Å². The molecule has 2 heterocycles. The second kappa shape index (κ2) is 18.4. The second-order valence-corrected chi connectivity index (χ2v) is 19.8. The first-order chi connectivity index (χ1) is 31.6. The van der Waals surface area contributed by atoms with Crippen LogP contribution in [0.5, 0.6) is 0 Å². The minimum Gasteiger partial charge on any atom is -0.383 e. The summed E-state index contributed by atoms with van der Waals surface area (Å²) in [6, 6.07) is 46.2. The van der Waals surface area contributed by atoms with E-state index in [9.17, 15) is 32.2 Å². The summed E-state index contributed by atoms with van der Waals surface area (Å²) < 4.78 is 61.1. The summed E-state index contributed by atoms with van der Waals surface area (Å²) in [7, 11) is -8.42. The number of aromatic nitrogens is 2. The molecule has 0 aliphatic carbocycles. The third-order valence-corrected chi connectivity index (χ3v) is 14.0. The number of nitrogen functional groups attached to an aromatic ring is 2. The summed E-state index contributed by atoms with van der Waals surface area (Å²) in [5.41, 5.74) is 18.2. The largest absolute Gasteiger partial charge is 0.383 e. The van der Waals surface area contributed by atoms with Crippen LogP contribution in [0, 0.1) is 22.7 Å². The lowest BCUT2D eigenvalue weighted by Crippen LogP contribution is -2.15. The maximum Gasteiger partial charge on any atom is 0.261 e. The number of sulfonamides is 2. The number of rotatable bonds is 12. The van der Waals surface area contributed by atoms with Crippen LogP contribution in [0.4, 0.5) is 23.0 Å². The van der Waals surface area contributed by atoms with Crippen molar-refractivity contribution in [2.75, 3.05) is 20.9 Å². The van der Waals surface area contributed by atoms with Crippen LogP contribution in [0.15, 0.2) is 176 Å². The number of nitrogens with zero attached hydrogens (tertiary/aromatic N) is 4. The first-order valence-electron chi connectivity index (χ1n) is 19.6. The summed E-state index contributed by atoms with van der Waals surface area (Å²) in [4.78, 5) is 22.2. The molecule has 0 saturated heterocycles. The topological polar surface area (TPSA) is 235 Å². The highest BCUT2D eigenvalue weighted by atomic mass is 79.9. The van der Waals surface area contributed by atoms with Gasteiger partial charge in [-0.1, -0.05) is 105 Å². The van der Waals surface area contributed by atoms with Crippen molar-refractivity contribution in [3.63, 3.8) is 0 Å². The molecule has 6 aromatic carbocycles. The van der Waals surface area contributed by atoms with Gasteiger partial charge in [-0.3, -0.25) is 14.2 Å². The number of anilines is 4. The van der Waals surface area contributed by atoms with Crippen molar-refractivity contribution in [3.05, 3.63) is 189 Å². The molecule has 8 aromatic rings. The molecule has 324 valence electrons. The van der Waals surface area contributed by atoms with Crippen molar-refractivity contribution in [1.82, 2.24) is 9.97 Å². The zero-order valence-corrected chi connectivity index (χ0v) is 38.9. The number of pyridine rings is 2. The number of carbonyl (C=O) groups is 1. The van der Waals surface area contributed by atoms with Crippen molar-refractivity contribution in [2.24, 2.45) is 0 Å². The third kappa shape index (κ3) is 9.56. The van der Waals surface area contributed by atoms with Gasteiger partial charge in [0.05, 0.1) is 21.2 Å². The molecule has 0 atom stereocenters. The summed E-state index contributed by atoms with van der Waals surface area (Å²) in [6.45, 7) is 0. The van der Waals surface area contributed by atoms with Crippen LogP contribution in [-0.4, -0.2) is 32.6 Å². The lowest BCUT2D eigenvalue weighted by atomic mass is 9.98. The quantitative estimate of drug-likeness (QED) is 0.0840. The average molecular weight is 1040 g/mol. The maximum absolute atomic E-state index is 13.8. The Balaban J connectivity index is 0.968. The van der Waals surface area contributed by atoms with Crippen LogP contribution in [0.25, 0.3) is 44.8 Å². The second-order valence-electron chi connectivity index (χ2n) is 14.6. The lowest BCUT2D eigenvalue weighted by molar-refractivity contribution is 0.103. The van der Waals surface area contributed by atoms with Gasteiger partial charge < -0.3 is 11.5 Å². The predicted molar refractivity (Wildman–Crippen MR) is 262 cm³/mol. The molecular formula is C49H32Br2N8O5S2. The van der Waals surface area contributed by atoms with Crippen LogP contribution in [0.3, 0.4) is 0 Å². The fourth-order valence-electron chi connectivity index (χ4n) is 7.05. The number of hydrogen-bond acceptors (Lipinski definition) is 11. The lowest BCUT2D eigenvalue weighted by Gasteiger charge is -2.13. The highest BCUT2D eigenvalue weighted by Gasteiger charge is 2.22. The molecule has 17 heteroatoms. The zero-order valence-electron chi connectivity index (χ0n) is 34.1. The minimum absolute atomic E-state index is 0.0113. The normalized spacial score (nSPS) is 11.3. The molecule has 0 bridgehead atoms. The van der Waals surface area contributed by atoms with Gasteiger partial charge in [0.15, 0.2) is 5.78 Å². The fraction of sp³-hybridized carbons (Fsp3) is 0. The summed E-state index contributed by atoms with van der Waals surface area (Å²) in [5, 5.41) is 19.6. The molecule has 0 fully saturated rings. The van der Waals surface area contributed by atoms with Crippen molar-refractivity contribution in [1.29, 1.82) is 10.5 Å². The highest BCUT2D eigenvalue weighted by molar-refractivity contribution is 9.10. The Bertz CT molecular complexity index is 3330. The van der Waals surface area contributed by atoms with E-state index in [0.717, 1.165) is 20.1 Å². The SMILES string of the molecule is N#Cc1c(-c2cccc(Br)c2)cc(-c2ccc(NS(=O)(=O)c3cccc(C(=O)c4cccc(S(=O)(=O)Nc5ccc(-c6cc(-c7cccc(Br)c7)c(C#N)c(N)n6)cc5)c4)c3)cc2)nc1N. The highest BCUT2D eigenvalue weighted by Crippen LogP contribution is 2.35. The van der Waals surface area contributed by atoms with Crippen LogP contribution in [0.2, 0.25) is 0 Å².